The molecule has 3 aromatic rings. The monoisotopic (exact) mass is 591 g/mol. The average Bonchev–Trinajstić information content (AvgIpc) is 3.48. The minimum atomic E-state index is -4.23. The van der Waals surface area contributed by atoms with E-state index in [-0.39, 0.29) is 23.6 Å². The number of aliphatic hydroxyl groups is 2. The van der Waals surface area contributed by atoms with Gasteiger partial charge in [-0.15, -0.1) is 0 Å². The standard InChI is InChI=1S/C27H38N5O8P/c1-6-26(3,4)15-37-25(35)17(2)31-41(36,40-18-10-8-7-9-11-18)38-14-20-22(33)23(34)27(5,39-20)21-13-12-19-24(28)29-16-30-32(19)21/h7-13,16-17,20,22-23,33-34H,6,14-15H2,1-5H3,(H,31,36)(H2,28,29,30)/t17-,20+,22+,23+,27-,41?/m0/s1. The Morgan fingerprint density at radius 1 is 1.27 bits per heavy atom. The summed E-state index contributed by atoms with van der Waals surface area (Å²) in [4.78, 5) is 16.7. The van der Waals surface area contributed by atoms with Crippen LogP contribution in [0.2, 0.25) is 0 Å². The van der Waals surface area contributed by atoms with Gasteiger partial charge in [0, 0.05) is 0 Å². The number of carbonyl (C=O) groups is 1. The highest BCUT2D eigenvalue weighted by atomic mass is 31.2. The number of rotatable bonds is 12. The molecule has 41 heavy (non-hydrogen) atoms. The Hall–Kier alpha value is -3.06. The zero-order valence-corrected chi connectivity index (χ0v) is 24.7. The Bertz CT molecular complexity index is 1400. The van der Waals surface area contributed by atoms with E-state index in [1.807, 2.05) is 20.8 Å². The van der Waals surface area contributed by atoms with Crippen LogP contribution in [-0.4, -0.2) is 68.3 Å². The molecule has 1 fully saturated rings. The van der Waals surface area contributed by atoms with Crippen molar-refractivity contribution in [3.05, 3.63) is 54.5 Å². The average molecular weight is 592 g/mol. The number of nitrogens with one attached hydrogen (secondary N) is 1. The van der Waals surface area contributed by atoms with Crippen molar-refractivity contribution in [2.24, 2.45) is 5.41 Å². The van der Waals surface area contributed by atoms with Crippen LogP contribution >= 0.6 is 7.75 Å². The van der Waals surface area contributed by atoms with Gasteiger partial charge < -0.3 is 29.9 Å². The third kappa shape index (κ3) is 6.72. The van der Waals surface area contributed by atoms with Crippen molar-refractivity contribution in [1.29, 1.82) is 0 Å². The van der Waals surface area contributed by atoms with Gasteiger partial charge in [0.2, 0.25) is 0 Å². The summed E-state index contributed by atoms with van der Waals surface area (Å²) >= 11 is 0. The lowest BCUT2D eigenvalue weighted by atomic mass is 9.92. The van der Waals surface area contributed by atoms with Gasteiger partial charge in [-0.3, -0.25) is 9.32 Å². The van der Waals surface area contributed by atoms with Crippen molar-refractivity contribution in [3.63, 3.8) is 0 Å². The van der Waals surface area contributed by atoms with E-state index in [0.29, 0.717) is 11.2 Å². The number of anilines is 1. The van der Waals surface area contributed by atoms with Crippen LogP contribution in [0.5, 0.6) is 5.75 Å². The summed E-state index contributed by atoms with van der Waals surface area (Å²) < 4.78 is 38.3. The molecule has 3 heterocycles. The molecule has 0 amide bonds. The van der Waals surface area contributed by atoms with E-state index < -0.39 is 50.3 Å². The predicted molar refractivity (Wildman–Crippen MR) is 150 cm³/mol. The first-order chi connectivity index (χ1) is 19.3. The SMILES string of the molecule is CCC(C)(C)COC(=O)[C@H](C)NP(=O)(OC[C@H]1O[C@@](C)(c2ccc3c(N)ncnn23)[C@H](O)[C@@H]1O)Oc1ccccc1. The highest BCUT2D eigenvalue weighted by molar-refractivity contribution is 7.52. The largest absolute Gasteiger partial charge is 0.464 e. The summed E-state index contributed by atoms with van der Waals surface area (Å²) in [6.45, 7) is 8.75. The molecule has 14 heteroatoms. The Balaban J connectivity index is 1.51. The van der Waals surface area contributed by atoms with Crippen LogP contribution in [0.4, 0.5) is 5.82 Å². The molecule has 224 valence electrons. The lowest BCUT2D eigenvalue weighted by Gasteiger charge is -2.28. The zero-order valence-electron chi connectivity index (χ0n) is 23.8. The van der Waals surface area contributed by atoms with Crippen LogP contribution in [0.3, 0.4) is 0 Å². The van der Waals surface area contributed by atoms with Crippen LogP contribution in [0.15, 0.2) is 48.8 Å². The van der Waals surface area contributed by atoms with Crippen molar-refractivity contribution in [2.45, 2.75) is 71.0 Å². The van der Waals surface area contributed by atoms with Gasteiger partial charge >= 0.3 is 13.7 Å². The van der Waals surface area contributed by atoms with E-state index in [4.69, 9.17) is 24.3 Å². The van der Waals surface area contributed by atoms with Gasteiger partial charge in [0.15, 0.2) is 5.82 Å². The molecular formula is C27H38N5O8P. The van der Waals surface area contributed by atoms with E-state index in [1.54, 1.807) is 49.4 Å². The van der Waals surface area contributed by atoms with E-state index in [9.17, 15) is 19.6 Å². The first-order valence-electron chi connectivity index (χ1n) is 13.3. The maximum atomic E-state index is 13.9. The summed E-state index contributed by atoms with van der Waals surface area (Å²) in [5.41, 5.74) is 5.21. The van der Waals surface area contributed by atoms with Crippen molar-refractivity contribution in [2.75, 3.05) is 18.9 Å². The van der Waals surface area contributed by atoms with E-state index in [2.05, 4.69) is 15.2 Å². The number of carbonyl (C=O) groups excluding carboxylic acids is 1. The number of benzene rings is 1. The summed E-state index contributed by atoms with van der Waals surface area (Å²) in [5.74, 6) is -0.169. The number of nitrogen functional groups attached to an aromatic ring is 1. The van der Waals surface area contributed by atoms with Crippen LogP contribution in [-0.2, 0) is 29.0 Å². The molecule has 1 saturated heterocycles. The number of aromatic nitrogens is 3. The Labute approximate surface area is 238 Å². The van der Waals surface area contributed by atoms with Crippen LogP contribution in [0.25, 0.3) is 5.52 Å². The van der Waals surface area contributed by atoms with Crippen LogP contribution < -0.4 is 15.3 Å². The molecular weight excluding hydrogens is 553 g/mol. The number of esters is 1. The number of aliphatic hydroxyl groups excluding tert-OH is 2. The molecule has 0 radical (unpaired) electrons. The van der Waals surface area contributed by atoms with E-state index >= 15 is 0 Å². The summed E-state index contributed by atoms with van der Waals surface area (Å²) in [7, 11) is -4.23. The van der Waals surface area contributed by atoms with Crippen molar-refractivity contribution < 1.29 is 38.1 Å². The zero-order chi connectivity index (χ0) is 30.0. The number of nitrogens with two attached hydrogens (primary N) is 1. The quantitative estimate of drug-likeness (QED) is 0.179. The first-order valence-corrected chi connectivity index (χ1v) is 14.9. The summed E-state index contributed by atoms with van der Waals surface area (Å²) in [5, 5.41) is 28.7. The third-order valence-electron chi connectivity index (χ3n) is 7.30. The van der Waals surface area contributed by atoms with Crippen molar-refractivity contribution in [3.8, 4) is 5.75 Å². The number of ether oxygens (including phenoxy) is 2. The molecule has 6 atom stereocenters. The van der Waals surface area contributed by atoms with Gasteiger partial charge in [0.05, 0.1) is 18.9 Å². The summed E-state index contributed by atoms with van der Waals surface area (Å²) in [6.07, 6.45) is -1.88. The normalized spacial score (nSPS) is 25.1. The number of hydrogen-bond acceptors (Lipinski definition) is 11. The number of para-hydroxylation sites is 1. The van der Waals surface area contributed by atoms with Gasteiger partial charge in [-0.05, 0) is 49.9 Å². The number of hydrogen-bond donors (Lipinski definition) is 4. The van der Waals surface area contributed by atoms with Gasteiger partial charge in [0.25, 0.3) is 0 Å². The van der Waals surface area contributed by atoms with Gasteiger partial charge in [-0.1, -0.05) is 39.0 Å². The molecule has 0 bridgehead atoms. The molecule has 1 aromatic carbocycles. The molecule has 2 aromatic heterocycles. The number of nitrogens with zero attached hydrogens (tertiary/aromatic N) is 3. The minimum absolute atomic E-state index is 0.183. The fourth-order valence-corrected chi connectivity index (χ4v) is 5.82. The highest BCUT2D eigenvalue weighted by Crippen LogP contribution is 2.47. The lowest BCUT2D eigenvalue weighted by molar-refractivity contribution is -0.148. The Kier molecular flexibility index (Phi) is 9.07. The fourth-order valence-electron chi connectivity index (χ4n) is 4.32. The molecule has 1 aliphatic rings. The molecule has 0 spiro atoms. The minimum Gasteiger partial charge on any atom is -0.464 e. The molecule has 0 saturated carbocycles. The van der Waals surface area contributed by atoms with Gasteiger partial charge in [-0.2, -0.15) is 10.2 Å². The lowest BCUT2D eigenvalue weighted by Crippen LogP contribution is -2.40. The topological polar surface area (TPSA) is 180 Å². The first kappa shape index (κ1) is 30.9. The number of fused-ring (bicyclic) bond motifs is 1. The van der Waals surface area contributed by atoms with Gasteiger partial charge in [-0.25, -0.2) is 14.1 Å². The van der Waals surface area contributed by atoms with Crippen LogP contribution in [0.1, 0.15) is 46.7 Å². The Morgan fingerprint density at radius 2 is 1.98 bits per heavy atom. The second kappa shape index (κ2) is 12.0. The third-order valence-corrected chi connectivity index (χ3v) is 8.94. The molecule has 4 rings (SSSR count). The predicted octanol–water partition coefficient (Wildman–Crippen LogP) is 2.81. The smallest absolute Gasteiger partial charge is 0.459 e. The maximum absolute atomic E-state index is 13.9. The molecule has 5 N–H and O–H groups in total. The Morgan fingerprint density at radius 3 is 2.66 bits per heavy atom. The fraction of sp³-hybridized carbons (Fsp3) is 0.519. The van der Waals surface area contributed by atoms with Crippen molar-refractivity contribution >= 4 is 25.1 Å². The molecule has 0 aliphatic carbocycles. The maximum Gasteiger partial charge on any atom is 0.459 e. The van der Waals surface area contributed by atoms with Crippen LogP contribution in [0, 0.1) is 5.41 Å². The van der Waals surface area contributed by atoms with Gasteiger partial charge in [0.1, 0.15) is 47.5 Å². The second-order valence-electron chi connectivity index (χ2n) is 11.0. The second-order valence-corrected chi connectivity index (χ2v) is 12.7. The molecule has 13 nitrogen and oxygen atoms in total. The van der Waals surface area contributed by atoms with E-state index in [1.165, 1.54) is 17.8 Å². The molecule has 1 aliphatic heterocycles. The summed E-state index contributed by atoms with van der Waals surface area (Å²) in [6, 6.07) is 10.6. The molecule has 1 unspecified atom stereocenters. The van der Waals surface area contributed by atoms with E-state index in [0.717, 1.165) is 6.42 Å². The highest BCUT2D eigenvalue weighted by Gasteiger charge is 2.54. The van der Waals surface area contributed by atoms with Crippen molar-refractivity contribution in [1.82, 2.24) is 19.7 Å².